The van der Waals surface area contributed by atoms with E-state index < -0.39 is 15.3 Å². The molecule has 23 heavy (non-hydrogen) atoms. The Bertz CT molecular complexity index is 631. The number of hydrogen-bond donors (Lipinski definition) is 2. The number of aliphatic hydroxyl groups is 1. The van der Waals surface area contributed by atoms with Gasteiger partial charge in [-0.2, -0.15) is 0 Å². The molecule has 2 rings (SSSR count). The van der Waals surface area contributed by atoms with Crippen molar-refractivity contribution in [3.05, 3.63) is 29.8 Å². The first-order chi connectivity index (χ1) is 10.9. The Balaban J connectivity index is 2.29. The number of nitrogens with one attached hydrogen (secondary N) is 1. The third-order valence-electron chi connectivity index (χ3n) is 4.60. The van der Waals surface area contributed by atoms with Crippen LogP contribution in [0.1, 0.15) is 44.1 Å². The summed E-state index contributed by atoms with van der Waals surface area (Å²) in [6.45, 7) is 0.509. The highest BCUT2D eigenvalue weighted by Crippen LogP contribution is 2.40. The fourth-order valence-corrected chi connectivity index (χ4v) is 3.90. The first-order valence-corrected chi connectivity index (χ1v) is 9.99. The molecule has 1 aromatic carbocycles. The molecule has 128 valence electrons. The maximum absolute atomic E-state index is 12.8. The van der Waals surface area contributed by atoms with Gasteiger partial charge in [-0.25, -0.2) is 8.42 Å². The molecule has 0 spiro atoms. The average molecular weight is 339 g/mol. The van der Waals surface area contributed by atoms with Gasteiger partial charge in [-0.05, 0) is 37.0 Å². The molecule has 5 nitrogen and oxygen atoms in total. The van der Waals surface area contributed by atoms with E-state index in [1.807, 2.05) is 0 Å². The predicted molar refractivity (Wildman–Crippen MR) is 89.0 cm³/mol. The summed E-state index contributed by atoms with van der Waals surface area (Å²) in [7, 11) is -3.24. The molecule has 0 saturated heterocycles. The Morgan fingerprint density at radius 3 is 2.30 bits per heavy atom. The molecular formula is C17H25NO4S. The van der Waals surface area contributed by atoms with Crippen LogP contribution in [0.15, 0.2) is 29.2 Å². The van der Waals surface area contributed by atoms with E-state index in [9.17, 15) is 13.2 Å². The van der Waals surface area contributed by atoms with E-state index in [1.54, 1.807) is 24.3 Å². The third kappa shape index (κ3) is 4.12. The number of rotatable bonds is 6. The van der Waals surface area contributed by atoms with Gasteiger partial charge in [0.2, 0.25) is 5.91 Å². The third-order valence-corrected chi connectivity index (χ3v) is 5.73. The van der Waals surface area contributed by atoms with Gasteiger partial charge in [-0.15, -0.1) is 0 Å². The molecule has 0 heterocycles. The van der Waals surface area contributed by atoms with E-state index in [-0.39, 0.29) is 17.4 Å². The van der Waals surface area contributed by atoms with Crippen molar-refractivity contribution < 1.29 is 18.3 Å². The second-order valence-electron chi connectivity index (χ2n) is 6.27. The fraction of sp³-hybridized carbons (Fsp3) is 0.588. The Hall–Kier alpha value is -1.40. The standard InChI is InChI=1S/C17H25NO4S/c1-23(21,22)15-8-6-14(7-9-15)17(10-3-2-4-11-17)16(20)18-12-5-13-19/h6-9,19H,2-5,10-13H2,1H3,(H,18,20). The van der Waals surface area contributed by atoms with Crippen LogP contribution in [0.3, 0.4) is 0 Å². The minimum absolute atomic E-state index is 0.0160. The van der Waals surface area contributed by atoms with Crippen molar-refractivity contribution in [3.8, 4) is 0 Å². The summed E-state index contributed by atoms with van der Waals surface area (Å²) in [5.41, 5.74) is 0.301. The Morgan fingerprint density at radius 2 is 1.78 bits per heavy atom. The number of sulfone groups is 1. The van der Waals surface area contributed by atoms with Crippen LogP contribution < -0.4 is 5.32 Å². The molecule has 0 aromatic heterocycles. The molecule has 1 aliphatic rings. The minimum atomic E-state index is -3.24. The van der Waals surface area contributed by atoms with Crippen molar-refractivity contribution in [1.82, 2.24) is 5.32 Å². The van der Waals surface area contributed by atoms with Crippen LogP contribution in [0.5, 0.6) is 0 Å². The average Bonchev–Trinajstić information content (AvgIpc) is 2.55. The van der Waals surface area contributed by atoms with Crippen molar-refractivity contribution in [2.45, 2.75) is 48.8 Å². The summed E-state index contributed by atoms with van der Waals surface area (Å²) < 4.78 is 23.2. The van der Waals surface area contributed by atoms with E-state index in [0.29, 0.717) is 13.0 Å². The molecular weight excluding hydrogens is 314 g/mol. The lowest BCUT2D eigenvalue weighted by Crippen LogP contribution is -2.46. The molecule has 1 saturated carbocycles. The highest BCUT2D eigenvalue weighted by molar-refractivity contribution is 7.90. The minimum Gasteiger partial charge on any atom is -0.396 e. The van der Waals surface area contributed by atoms with Crippen LogP contribution in [0, 0.1) is 0 Å². The van der Waals surface area contributed by atoms with Crippen molar-refractivity contribution in [2.75, 3.05) is 19.4 Å². The summed E-state index contributed by atoms with van der Waals surface area (Å²) in [6.07, 6.45) is 6.36. The molecule has 1 aromatic rings. The van der Waals surface area contributed by atoms with E-state index in [0.717, 1.165) is 37.7 Å². The number of benzene rings is 1. The van der Waals surface area contributed by atoms with Gasteiger partial charge in [0.1, 0.15) is 0 Å². The van der Waals surface area contributed by atoms with Crippen LogP contribution in [0.2, 0.25) is 0 Å². The first kappa shape index (κ1) is 17.9. The zero-order chi connectivity index (χ0) is 16.9. The van der Waals surface area contributed by atoms with Crippen LogP contribution in [-0.4, -0.2) is 38.8 Å². The number of hydrogen-bond acceptors (Lipinski definition) is 4. The lowest BCUT2D eigenvalue weighted by Gasteiger charge is -2.36. The largest absolute Gasteiger partial charge is 0.396 e. The molecule has 0 aliphatic heterocycles. The monoisotopic (exact) mass is 339 g/mol. The first-order valence-electron chi connectivity index (χ1n) is 8.10. The summed E-state index contributed by atoms with van der Waals surface area (Å²) in [5, 5.41) is 11.8. The molecule has 6 heteroatoms. The van der Waals surface area contributed by atoms with Gasteiger partial charge >= 0.3 is 0 Å². The molecule has 0 radical (unpaired) electrons. The predicted octanol–water partition coefficient (Wildman–Crippen LogP) is 1.79. The van der Waals surface area contributed by atoms with Gasteiger partial charge in [0.05, 0.1) is 10.3 Å². The quantitative estimate of drug-likeness (QED) is 0.774. The summed E-state index contributed by atoms with van der Waals surface area (Å²) in [5.74, 6) is -0.0160. The van der Waals surface area contributed by atoms with Gasteiger partial charge in [0, 0.05) is 19.4 Å². The van der Waals surface area contributed by atoms with Crippen molar-refractivity contribution in [2.24, 2.45) is 0 Å². The van der Waals surface area contributed by atoms with Gasteiger partial charge in [0.15, 0.2) is 9.84 Å². The zero-order valence-corrected chi connectivity index (χ0v) is 14.4. The van der Waals surface area contributed by atoms with Gasteiger partial charge in [0.25, 0.3) is 0 Å². The SMILES string of the molecule is CS(=O)(=O)c1ccc(C2(C(=O)NCCCO)CCCCC2)cc1. The maximum atomic E-state index is 12.8. The second kappa shape index (κ2) is 7.45. The molecule has 0 atom stereocenters. The molecule has 0 unspecified atom stereocenters. The van der Waals surface area contributed by atoms with Gasteiger partial charge < -0.3 is 10.4 Å². The second-order valence-corrected chi connectivity index (χ2v) is 8.29. The number of aliphatic hydroxyl groups excluding tert-OH is 1. The zero-order valence-electron chi connectivity index (χ0n) is 13.5. The topological polar surface area (TPSA) is 83.5 Å². The van der Waals surface area contributed by atoms with E-state index in [2.05, 4.69) is 5.32 Å². The lowest BCUT2D eigenvalue weighted by molar-refractivity contribution is -0.128. The highest BCUT2D eigenvalue weighted by Gasteiger charge is 2.40. The number of carbonyl (C=O) groups is 1. The van der Waals surface area contributed by atoms with Crippen molar-refractivity contribution >= 4 is 15.7 Å². The van der Waals surface area contributed by atoms with Crippen LogP contribution in [0.25, 0.3) is 0 Å². The molecule has 1 amide bonds. The molecule has 1 aliphatic carbocycles. The van der Waals surface area contributed by atoms with Gasteiger partial charge in [-0.1, -0.05) is 31.4 Å². The highest BCUT2D eigenvalue weighted by atomic mass is 32.2. The van der Waals surface area contributed by atoms with E-state index >= 15 is 0 Å². The molecule has 0 bridgehead atoms. The maximum Gasteiger partial charge on any atom is 0.230 e. The fourth-order valence-electron chi connectivity index (χ4n) is 3.27. The van der Waals surface area contributed by atoms with Crippen LogP contribution >= 0.6 is 0 Å². The lowest BCUT2D eigenvalue weighted by atomic mass is 9.68. The summed E-state index contributed by atoms with van der Waals surface area (Å²) >= 11 is 0. The number of amides is 1. The van der Waals surface area contributed by atoms with E-state index in [1.165, 1.54) is 6.26 Å². The Labute approximate surface area is 138 Å². The summed E-state index contributed by atoms with van der Waals surface area (Å²) in [4.78, 5) is 13.0. The number of carbonyl (C=O) groups excluding carboxylic acids is 1. The molecule has 1 fully saturated rings. The van der Waals surface area contributed by atoms with Crippen LogP contribution in [0.4, 0.5) is 0 Å². The Kier molecular flexibility index (Phi) is 5.81. The van der Waals surface area contributed by atoms with E-state index in [4.69, 9.17) is 5.11 Å². The van der Waals surface area contributed by atoms with Crippen molar-refractivity contribution in [3.63, 3.8) is 0 Å². The van der Waals surface area contributed by atoms with Crippen LogP contribution in [-0.2, 0) is 20.0 Å². The smallest absolute Gasteiger partial charge is 0.230 e. The Morgan fingerprint density at radius 1 is 1.17 bits per heavy atom. The molecule has 2 N–H and O–H groups in total. The summed E-state index contributed by atoms with van der Waals surface area (Å²) in [6, 6.07) is 6.71. The van der Waals surface area contributed by atoms with Crippen molar-refractivity contribution in [1.29, 1.82) is 0 Å². The van der Waals surface area contributed by atoms with Gasteiger partial charge in [-0.3, -0.25) is 4.79 Å². The normalized spacial score (nSPS) is 17.7.